The molecule has 0 unspecified atom stereocenters. The van der Waals surface area contributed by atoms with Crippen LogP contribution in [0.4, 0.5) is 9.59 Å². The molecule has 2 aliphatic heterocycles. The standard InChI is InChI=1S/C28H32N4O10S2/c1-7-31-22(33)19(23(34)32(31)8-2)26-43-20-17(41-27(37)29-11-13-39-24(35)15(3)4)9-10-18(21(20)44-26)42-28(38)30-12-14-40-25(36)16(5)6/h9-10H,3,5,7-8,11-14H2,1-2,4,6H3,(H,29,37)(H,30,38). The van der Waals surface area contributed by atoms with Crippen LogP contribution in [0.5, 0.6) is 11.5 Å². The van der Waals surface area contributed by atoms with Gasteiger partial charge in [0.15, 0.2) is 0 Å². The number of fused-ring (bicyclic) bond motifs is 1. The van der Waals surface area contributed by atoms with Crippen LogP contribution in [0, 0.1) is 0 Å². The number of rotatable bonds is 12. The lowest BCUT2D eigenvalue weighted by molar-refractivity contribution is -0.145. The summed E-state index contributed by atoms with van der Waals surface area (Å²) >= 11 is 2.05. The normalized spacial score (nSPS) is 13.8. The maximum atomic E-state index is 13.2. The third-order valence-corrected chi connectivity index (χ3v) is 8.36. The van der Waals surface area contributed by atoms with E-state index in [1.54, 1.807) is 13.8 Å². The topological polar surface area (TPSA) is 170 Å². The molecule has 0 aliphatic carbocycles. The Morgan fingerprint density at radius 2 is 1.14 bits per heavy atom. The highest BCUT2D eigenvalue weighted by molar-refractivity contribution is 8.25. The van der Waals surface area contributed by atoms with E-state index in [-0.39, 0.29) is 67.6 Å². The first kappa shape index (κ1) is 34.1. The molecule has 236 valence electrons. The monoisotopic (exact) mass is 648 g/mol. The molecule has 0 saturated carbocycles. The molecule has 2 heterocycles. The molecule has 0 spiro atoms. The van der Waals surface area contributed by atoms with Gasteiger partial charge in [-0.05, 0) is 39.8 Å². The summed E-state index contributed by atoms with van der Waals surface area (Å²) in [6, 6.07) is 2.79. The number of carbonyl (C=O) groups is 6. The third kappa shape index (κ3) is 8.13. The maximum Gasteiger partial charge on any atom is 0.412 e. The number of amides is 4. The molecule has 0 aromatic heterocycles. The molecular formula is C28H32N4O10S2. The summed E-state index contributed by atoms with van der Waals surface area (Å²) in [5.41, 5.74) is 0.380. The summed E-state index contributed by atoms with van der Waals surface area (Å²) < 4.78 is 21.1. The van der Waals surface area contributed by atoms with Crippen molar-refractivity contribution in [1.82, 2.24) is 20.7 Å². The molecule has 1 fully saturated rings. The first-order valence-electron chi connectivity index (χ1n) is 13.4. The molecule has 1 aromatic rings. The second-order valence-electron chi connectivity index (χ2n) is 9.09. The van der Waals surface area contributed by atoms with Crippen molar-refractivity contribution in [3.05, 3.63) is 46.2 Å². The number of likely N-dealkylation sites (N-methyl/N-ethyl adjacent to an activating group) is 2. The lowest BCUT2D eigenvalue weighted by atomic mass is 10.3. The zero-order valence-corrected chi connectivity index (χ0v) is 26.2. The fourth-order valence-electron chi connectivity index (χ4n) is 3.67. The van der Waals surface area contributed by atoms with Gasteiger partial charge in [-0.25, -0.2) is 29.2 Å². The summed E-state index contributed by atoms with van der Waals surface area (Å²) in [6.45, 7) is 13.7. The molecule has 1 aromatic carbocycles. The van der Waals surface area contributed by atoms with Crippen LogP contribution >= 0.6 is 23.5 Å². The fourth-order valence-corrected chi connectivity index (χ4v) is 6.32. The van der Waals surface area contributed by atoms with Crippen LogP contribution in [0.15, 0.2) is 56.0 Å². The summed E-state index contributed by atoms with van der Waals surface area (Å²) in [6.07, 6.45) is -1.72. The number of carbonyl (C=O) groups excluding carboxylic acids is 6. The van der Waals surface area contributed by atoms with E-state index in [2.05, 4.69) is 23.8 Å². The van der Waals surface area contributed by atoms with Crippen LogP contribution in [0.1, 0.15) is 27.7 Å². The van der Waals surface area contributed by atoms with E-state index in [4.69, 9.17) is 18.9 Å². The van der Waals surface area contributed by atoms with Crippen molar-refractivity contribution in [3.8, 4) is 11.5 Å². The summed E-state index contributed by atoms with van der Waals surface area (Å²) in [7, 11) is 0. The molecule has 44 heavy (non-hydrogen) atoms. The van der Waals surface area contributed by atoms with Crippen molar-refractivity contribution in [1.29, 1.82) is 0 Å². The number of hydrazine groups is 1. The quantitative estimate of drug-likeness (QED) is 0.147. The van der Waals surface area contributed by atoms with Gasteiger partial charge in [-0.2, -0.15) is 0 Å². The average molecular weight is 649 g/mol. The molecule has 16 heteroatoms. The Labute approximate surface area is 262 Å². The minimum atomic E-state index is -0.858. The Kier molecular flexibility index (Phi) is 11.9. The lowest BCUT2D eigenvalue weighted by Crippen LogP contribution is -2.40. The maximum absolute atomic E-state index is 13.2. The van der Waals surface area contributed by atoms with E-state index in [9.17, 15) is 28.8 Å². The first-order chi connectivity index (χ1) is 20.9. The Bertz CT molecular complexity index is 1340. The summed E-state index contributed by atoms with van der Waals surface area (Å²) in [5, 5.41) is 7.60. The molecular weight excluding hydrogens is 616 g/mol. The molecule has 3 rings (SSSR count). The number of hydrogen-bond acceptors (Lipinski definition) is 12. The van der Waals surface area contributed by atoms with Crippen molar-refractivity contribution in [2.24, 2.45) is 0 Å². The first-order valence-corrected chi connectivity index (χ1v) is 15.0. The highest BCUT2D eigenvalue weighted by Crippen LogP contribution is 2.59. The number of hydrogen-bond donors (Lipinski definition) is 2. The Hall–Kier alpha value is -4.44. The van der Waals surface area contributed by atoms with Crippen LogP contribution in [-0.2, 0) is 28.7 Å². The van der Waals surface area contributed by atoms with Crippen LogP contribution in [0.2, 0.25) is 0 Å². The zero-order valence-electron chi connectivity index (χ0n) is 24.6. The SMILES string of the molecule is C=C(C)C(=O)OCCNC(=O)Oc1ccc(OC(=O)NCCOC(=O)C(=C)C)c2c1SC(=C1C(=O)N(CC)N(CC)C1=O)S2. The number of ether oxygens (including phenoxy) is 4. The summed E-state index contributed by atoms with van der Waals surface area (Å²) in [5.74, 6) is -2.01. The molecule has 0 radical (unpaired) electrons. The van der Waals surface area contributed by atoms with E-state index < -0.39 is 35.9 Å². The minimum absolute atomic E-state index is 0.0387. The number of benzene rings is 1. The number of nitrogens with zero attached hydrogens (tertiary/aromatic N) is 2. The van der Waals surface area contributed by atoms with Gasteiger partial charge in [0.1, 0.15) is 30.3 Å². The van der Waals surface area contributed by atoms with Crippen LogP contribution in [-0.4, -0.2) is 85.4 Å². The molecule has 0 atom stereocenters. The van der Waals surface area contributed by atoms with Crippen LogP contribution < -0.4 is 20.1 Å². The van der Waals surface area contributed by atoms with Crippen molar-refractivity contribution < 1.29 is 47.7 Å². The van der Waals surface area contributed by atoms with Gasteiger partial charge in [0.25, 0.3) is 11.8 Å². The van der Waals surface area contributed by atoms with Crippen molar-refractivity contribution in [2.45, 2.75) is 37.5 Å². The van der Waals surface area contributed by atoms with Crippen molar-refractivity contribution in [3.63, 3.8) is 0 Å². The molecule has 2 aliphatic rings. The average Bonchev–Trinajstić information content (AvgIpc) is 3.52. The van der Waals surface area contributed by atoms with E-state index in [1.807, 2.05) is 0 Å². The Morgan fingerprint density at radius 3 is 1.48 bits per heavy atom. The van der Waals surface area contributed by atoms with Gasteiger partial charge in [0.05, 0.1) is 27.1 Å². The highest BCUT2D eigenvalue weighted by Gasteiger charge is 2.44. The van der Waals surface area contributed by atoms with Gasteiger partial charge in [-0.1, -0.05) is 36.7 Å². The van der Waals surface area contributed by atoms with Gasteiger partial charge in [0.2, 0.25) is 0 Å². The third-order valence-electron chi connectivity index (χ3n) is 5.73. The van der Waals surface area contributed by atoms with Crippen LogP contribution in [0.25, 0.3) is 0 Å². The van der Waals surface area contributed by atoms with Gasteiger partial charge < -0.3 is 29.6 Å². The number of nitrogens with one attached hydrogen (secondary N) is 2. The van der Waals surface area contributed by atoms with Gasteiger partial charge in [-0.15, -0.1) is 0 Å². The predicted molar refractivity (Wildman–Crippen MR) is 160 cm³/mol. The molecule has 1 saturated heterocycles. The highest BCUT2D eigenvalue weighted by atomic mass is 32.2. The van der Waals surface area contributed by atoms with Gasteiger partial charge >= 0.3 is 24.1 Å². The zero-order chi connectivity index (χ0) is 32.6. The second kappa shape index (κ2) is 15.3. The van der Waals surface area contributed by atoms with Crippen LogP contribution in [0.3, 0.4) is 0 Å². The van der Waals surface area contributed by atoms with Crippen molar-refractivity contribution >= 4 is 59.5 Å². The second-order valence-corrected chi connectivity index (χ2v) is 11.4. The predicted octanol–water partition coefficient (Wildman–Crippen LogP) is 3.14. The lowest BCUT2D eigenvalue weighted by Gasteiger charge is -2.24. The Morgan fingerprint density at radius 1 is 0.750 bits per heavy atom. The minimum Gasteiger partial charge on any atom is -0.460 e. The molecule has 0 bridgehead atoms. The van der Waals surface area contributed by atoms with E-state index in [0.717, 1.165) is 23.5 Å². The Balaban J connectivity index is 1.81. The molecule has 4 amide bonds. The van der Waals surface area contributed by atoms with E-state index in [1.165, 1.54) is 36.0 Å². The van der Waals surface area contributed by atoms with E-state index >= 15 is 0 Å². The fraction of sp³-hybridized carbons (Fsp3) is 0.357. The summed E-state index contributed by atoms with van der Waals surface area (Å²) in [4.78, 5) is 75.0. The molecule has 2 N–H and O–H groups in total. The van der Waals surface area contributed by atoms with E-state index in [0.29, 0.717) is 14.0 Å². The van der Waals surface area contributed by atoms with Gasteiger partial charge in [0, 0.05) is 24.2 Å². The molecule has 14 nitrogen and oxygen atoms in total. The largest absolute Gasteiger partial charge is 0.460 e. The van der Waals surface area contributed by atoms with Crippen molar-refractivity contribution in [2.75, 3.05) is 39.4 Å². The number of esters is 2. The smallest absolute Gasteiger partial charge is 0.412 e. The number of thioether (sulfide) groups is 2. The van der Waals surface area contributed by atoms with Gasteiger partial charge in [-0.3, -0.25) is 9.59 Å².